The molecule has 0 aliphatic rings. The summed E-state index contributed by atoms with van der Waals surface area (Å²) in [6.07, 6.45) is 2.25. The zero-order valence-electron chi connectivity index (χ0n) is 26.9. The Morgan fingerprint density at radius 3 is 2.31 bits per heavy atom. The van der Waals surface area contributed by atoms with Crippen LogP contribution in [0.15, 0.2) is 67.1 Å². The van der Waals surface area contributed by atoms with Crippen molar-refractivity contribution in [1.82, 2.24) is 20.2 Å². The van der Waals surface area contributed by atoms with Crippen LogP contribution in [0.2, 0.25) is 0 Å². The van der Waals surface area contributed by atoms with Crippen molar-refractivity contribution >= 4 is 29.7 Å². The van der Waals surface area contributed by atoms with Crippen molar-refractivity contribution in [3.63, 3.8) is 0 Å². The molecule has 0 saturated heterocycles. The lowest BCUT2D eigenvalue weighted by Gasteiger charge is -2.29. The van der Waals surface area contributed by atoms with E-state index < -0.39 is 41.1 Å². The van der Waals surface area contributed by atoms with Crippen molar-refractivity contribution < 1.29 is 33.4 Å². The number of anilines is 1. The third kappa shape index (κ3) is 10.5. The van der Waals surface area contributed by atoms with E-state index in [1.807, 2.05) is 61.5 Å². The zero-order valence-corrected chi connectivity index (χ0v) is 26.9. The fourth-order valence-electron chi connectivity index (χ4n) is 4.30. The number of hydrogen-bond acceptors (Lipinski definition) is 7. The number of imidazole rings is 1. The Labute approximate surface area is 263 Å². The summed E-state index contributed by atoms with van der Waals surface area (Å²) < 4.78 is 18.2. The number of carbonyl (C=O) groups is 3. The van der Waals surface area contributed by atoms with Gasteiger partial charge in [-0.05, 0) is 65.2 Å². The molecular formula is C33H44N5O7+. The molecular weight excluding hydrogens is 578 g/mol. The Kier molecular flexibility index (Phi) is 11.9. The summed E-state index contributed by atoms with van der Waals surface area (Å²) in [5.41, 5.74) is 0.423. The van der Waals surface area contributed by atoms with Crippen molar-refractivity contribution in [2.24, 2.45) is 0 Å². The van der Waals surface area contributed by atoms with Crippen molar-refractivity contribution in [3.05, 3.63) is 83.8 Å². The van der Waals surface area contributed by atoms with Crippen LogP contribution in [0.3, 0.4) is 0 Å². The number of esters is 1. The lowest BCUT2D eigenvalue weighted by molar-refractivity contribution is -0.131. The third-order valence-corrected chi connectivity index (χ3v) is 6.56. The van der Waals surface area contributed by atoms with E-state index in [0.29, 0.717) is 0 Å². The molecule has 0 aliphatic heterocycles. The van der Waals surface area contributed by atoms with Crippen LogP contribution in [0.25, 0.3) is 0 Å². The maximum absolute atomic E-state index is 13.5. The van der Waals surface area contributed by atoms with E-state index in [2.05, 4.69) is 20.9 Å². The average molecular weight is 623 g/mol. The molecule has 0 saturated carbocycles. The second kappa shape index (κ2) is 15.3. The summed E-state index contributed by atoms with van der Waals surface area (Å²) in [5.74, 6) is -1.27. The van der Waals surface area contributed by atoms with E-state index >= 15 is 0 Å². The van der Waals surface area contributed by atoms with Crippen LogP contribution < -0.4 is 16.0 Å². The summed E-state index contributed by atoms with van der Waals surface area (Å²) in [7, 11) is 0. The molecule has 2 aromatic carbocycles. The van der Waals surface area contributed by atoms with Gasteiger partial charge < -0.3 is 39.5 Å². The van der Waals surface area contributed by atoms with Crippen molar-refractivity contribution in [3.8, 4) is 0 Å². The van der Waals surface area contributed by atoms with Crippen LogP contribution in [0, 0.1) is 6.92 Å². The Bertz CT molecular complexity index is 1460. The lowest BCUT2D eigenvalue weighted by Crippen LogP contribution is -2.59. The molecule has 4 N–H and O–H groups in total. The van der Waals surface area contributed by atoms with Gasteiger partial charge in [0.2, 0.25) is 11.9 Å². The molecule has 0 radical (unpaired) electrons. The first-order valence-corrected chi connectivity index (χ1v) is 14.7. The third-order valence-electron chi connectivity index (χ3n) is 6.56. The summed E-state index contributed by atoms with van der Waals surface area (Å²) in [5, 5.41) is 7.95. The molecule has 0 spiro atoms. The zero-order chi connectivity index (χ0) is 33.2. The number of nitrogens with zero attached hydrogens (tertiary/aromatic N) is 2. The number of aromatic nitrogens is 2. The second-order valence-electron chi connectivity index (χ2n) is 12.0. The molecule has 3 amide bonds. The number of alkyl carbamates (subject to hydrolysis) is 1. The maximum atomic E-state index is 13.5. The predicted molar refractivity (Wildman–Crippen MR) is 170 cm³/mol. The molecule has 45 heavy (non-hydrogen) atoms. The monoisotopic (exact) mass is 622 g/mol. The van der Waals surface area contributed by atoms with E-state index in [9.17, 15) is 19.2 Å². The Morgan fingerprint density at radius 2 is 1.67 bits per heavy atom. The lowest BCUT2D eigenvalue weighted by atomic mass is 10.0. The number of aryl methyl sites for hydroxylation is 1. The Hall–Kier alpha value is -4.71. The summed E-state index contributed by atoms with van der Waals surface area (Å²) in [6.45, 7) is 12.1. The summed E-state index contributed by atoms with van der Waals surface area (Å²) >= 11 is 0. The van der Waals surface area contributed by atoms with Gasteiger partial charge in [0.15, 0.2) is 12.4 Å². The van der Waals surface area contributed by atoms with Crippen LogP contribution in [0.4, 0.5) is 10.6 Å². The molecule has 12 heteroatoms. The van der Waals surface area contributed by atoms with Gasteiger partial charge in [-0.25, -0.2) is 9.78 Å². The van der Waals surface area contributed by atoms with Gasteiger partial charge in [0.25, 0.3) is 5.91 Å². The molecule has 3 aromatic rings. The minimum Gasteiger partial charge on any atom is -0.444 e. The maximum Gasteiger partial charge on any atom is 0.511 e. The smallest absolute Gasteiger partial charge is 0.444 e. The molecule has 0 aliphatic carbocycles. The van der Waals surface area contributed by atoms with Gasteiger partial charge in [-0.2, -0.15) is 0 Å². The largest absolute Gasteiger partial charge is 0.511 e. The van der Waals surface area contributed by atoms with Crippen LogP contribution in [-0.2, 0) is 30.4 Å². The number of carbonyl (C=O) groups excluding carboxylic acids is 4. The molecule has 0 bridgehead atoms. The first-order valence-electron chi connectivity index (χ1n) is 14.7. The first-order chi connectivity index (χ1) is 21.2. The highest BCUT2D eigenvalue weighted by Gasteiger charge is 2.35. The van der Waals surface area contributed by atoms with Gasteiger partial charge in [-0.3, -0.25) is 9.59 Å². The molecule has 1 heterocycles. The number of nitrogens with one attached hydrogen (secondary N) is 3. The van der Waals surface area contributed by atoms with Crippen LogP contribution in [0.5, 0.6) is 0 Å². The fourth-order valence-corrected chi connectivity index (χ4v) is 4.30. The predicted octanol–water partition coefficient (Wildman–Crippen LogP) is 4.26. The van der Waals surface area contributed by atoms with E-state index in [1.54, 1.807) is 38.5 Å². The molecule has 12 nitrogen and oxygen atoms in total. The minimum atomic E-state index is -1.42. The van der Waals surface area contributed by atoms with Crippen LogP contribution >= 0.6 is 0 Å². The molecule has 1 aromatic heterocycles. The second-order valence-corrected chi connectivity index (χ2v) is 12.0. The summed E-state index contributed by atoms with van der Waals surface area (Å²) in [6, 6.07) is 15.1. The van der Waals surface area contributed by atoms with E-state index in [-0.39, 0.29) is 31.6 Å². The summed E-state index contributed by atoms with van der Waals surface area (Å²) in [4.78, 5) is 54.3. The topological polar surface area (TPSA) is 154 Å². The van der Waals surface area contributed by atoms with Crippen LogP contribution in [0.1, 0.15) is 64.3 Å². The van der Waals surface area contributed by atoms with Crippen LogP contribution in [-0.4, -0.2) is 68.6 Å². The number of amides is 3. The highest BCUT2D eigenvalue weighted by Crippen LogP contribution is 2.24. The number of hydrogen-bond donors (Lipinski definition) is 3. The van der Waals surface area contributed by atoms with Gasteiger partial charge >= 0.3 is 12.1 Å². The quantitative estimate of drug-likeness (QED) is 0.190. The SMILES string of the molecule is CCOC(=[OH+])C(c1ccccc1C)n1cnc(NC(=O)[C@@H](COCc2ccccc2)NC(=O)C(C)(C)NC(=O)OC(C)(C)C)c1. The molecule has 0 fully saturated rings. The van der Waals surface area contributed by atoms with E-state index in [1.165, 1.54) is 20.2 Å². The van der Waals surface area contributed by atoms with Crippen molar-refractivity contribution in [2.45, 2.75) is 78.3 Å². The highest BCUT2D eigenvalue weighted by molar-refractivity contribution is 5.98. The standard InChI is InChI=1S/C33H43N5O7/c1-8-44-29(40)27(24-17-13-12-14-22(24)2)38-18-26(34-21-38)36-28(39)25(20-43-19-23-15-10-9-11-16-23)35-30(41)33(6,7)37-31(42)45-32(3,4)5/h9-18,21,25,27H,8,19-20H2,1-7H3,(H,35,41)(H,36,39)(H,37,42)/p+1/t25-,27?/m1/s1. The van der Waals surface area contributed by atoms with E-state index in [4.69, 9.17) is 14.2 Å². The highest BCUT2D eigenvalue weighted by atomic mass is 16.6. The van der Waals surface area contributed by atoms with Gasteiger partial charge in [-0.15, -0.1) is 0 Å². The normalized spacial score (nSPS) is 12.9. The van der Waals surface area contributed by atoms with Gasteiger partial charge in [0.05, 0.1) is 19.5 Å². The number of benzene rings is 2. The fraction of sp³-hybridized carbons (Fsp3) is 0.424. The number of rotatable bonds is 13. The van der Waals surface area contributed by atoms with Gasteiger partial charge in [0, 0.05) is 6.20 Å². The average Bonchev–Trinajstić information content (AvgIpc) is 3.40. The van der Waals surface area contributed by atoms with Gasteiger partial charge in [-0.1, -0.05) is 54.6 Å². The number of ether oxygens (including phenoxy) is 3. The van der Waals surface area contributed by atoms with Gasteiger partial charge in [0.1, 0.15) is 17.2 Å². The molecule has 242 valence electrons. The Morgan fingerprint density at radius 1 is 1.00 bits per heavy atom. The van der Waals surface area contributed by atoms with Crippen molar-refractivity contribution in [1.29, 1.82) is 0 Å². The van der Waals surface area contributed by atoms with E-state index in [0.717, 1.165) is 16.7 Å². The minimum absolute atomic E-state index is 0.166. The van der Waals surface area contributed by atoms with Crippen molar-refractivity contribution in [2.75, 3.05) is 18.5 Å². The molecule has 2 atom stereocenters. The molecule has 1 unspecified atom stereocenters. The Balaban J connectivity index is 1.79. The molecule has 3 rings (SSSR count). The first kappa shape index (κ1) is 34.8.